The minimum atomic E-state index is -3.45. The van der Waals surface area contributed by atoms with E-state index in [1.54, 1.807) is 0 Å². The molecular weight excluding hydrogens is 246 g/mol. The molecule has 0 bridgehead atoms. The van der Waals surface area contributed by atoms with Crippen molar-refractivity contribution in [2.75, 3.05) is 26.0 Å². The smallest absolute Gasteiger partial charge is 0.306 e. The number of β-amino-alcohol motifs (C(OH)–C–C–N with tert-alkyl or cyclic N) is 1. The summed E-state index contributed by atoms with van der Waals surface area (Å²) in [6, 6.07) is 0. The highest BCUT2D eigenvalue weighted by Crippen LogP contribution is 2.28. The summed E-state index contributed by atoms with van der Waals surface area (Å²) < 4.78 is 29.1. The molecule has 1 fully saturated rings. The fourth-order valence-electron chi connectivity index (χ4n) is 1.87. The van der Waals surface area contributed by atoms with Crippen molar-refractivity contribution in [3.8, 4) is 0 Å². The van der Waals surface area contributed by atoms with Crippen molar-refractivity contribution in [2.24, 2.45) is 0 Å². The molecule has 0 aliphatic carbocycles. The lowest BCUT2D eigenvalue weighted by atomic mass is 9.92. The van der Waals surface area contributed by atoms with E-state index < -0.39 is 21.6 Å². The van der Waals surface area contributed by atoms with Crippen LogP contribution in [0.4, 0.5) is 0 Å². The summed E-state index contributed by atoms with van der Waals surface area (Å²) in [5, 5.41) is 9.87. The van der Waals surface area contributed by atoms with Crippen molar-refractivity contribution < 1.29 is 23.1 Å². The van der Waals surface area contributed by atoms with E-state index in [1.807, 2.05) is 6.92 Å². The number of hydrogen-bond acceptors (Lipinski definition) is 5. The summed E-state index contributed by atoms with van der Waals surface area (Å²) >= 11 is 0. The topological polar surface area (TPSA) is 83.9 Å². The number of sulfonamides is 1. The predicted molar refractivity (Wildman–Crippen MR) is 61.9 cm³/mol. The van der Waals surface area contributed by atoms with Gasteiger partial charge in [-0.15, -0.1) is 0 Å². The molecule has 1 heterocycles. The van der Waals surface area contributed by atoms with Crippen LogP contribution in [0.2, 0.25) is 0 Å². The van der Waals surface area contributed by atoms with Gasteiger partial charge in [-0.05, 0) is 6.42 Å². The molecule has 0 spiro atoms. The Kier molecular flexibility index (Phi) is 4.51. The molecule has 0 unspecified atom stereocenters. The Morgan fingerprint density at radius 2 is 2.06 bits per heavy atom. The van der Waals surface area contributed by atoms with Gasteiger partial charge in [0.1, 0.15) is 0 Å². The van der Waals surface area contributed by atoms with E-state index in [1.165, 1.54) is 11.4 Å². The van der Waals surface area contributed by atoms with E-state index in [-0.39, 0.29) is 25.3 Å². The molecule has 0 aromatic heterocycles. The van der Waals surface area contributed by atoms with Crippen molar-refractivity contribution in [1.29, 1.82) is 0 Å². The Morgan fingerprint density at radius 1 is 1.47 bits per heavy atom. The first kappa shape index (κ1) is 14.4. The van der Waals surface area contributed by atoms with Gasteiger partial charge < -0.3 is 9.84 Å². The molecule has 0 radical (unpaired) electrons. The molecule has 100 valence electrons. The standard InChI is InChI=1S/C10H19NO5S/c1-3-5-10(13)7-11(8-10)17(14,15)6-4-9(12)16-2/h13H,3-8H2,1-2H3. The maximum Gasteiger partial charge on any atom is 0.306 e. The van der Waals surface area contributed by atoms with E-state index >= 15 is 0 Å². The van der Waals surface area contributed by atoms with Crippen LogP contribution < -0.4 is 0 Å². The minimum Gasteiger partial charge on any atom is -0.469 e. The third-order valence-electron chi connectivity index (χ3n) is 2.84. The zero-order chi connectivity index (χ0) is 13.1. The quantitative estimate of drug-likeness (QED) is 0.668. The Morgan fingerprint density at radius 3 is 2.53 bits per heavy atom. The Balaban J connectivity index is 2.44. The average Bonchev–Trinajstić information content (AvgIpc) is 2.22. The van der Waals surface area contributed by atoms with Gasteiger partial charge in [0.2, 0.25) is 10.0 Å². The maximum atomic E-state index is 11.7. The molecule has 0 aromatic carbocycles. The van der Waals surface area contributed by atoms with Gasteiger partial charge in [-0.25, -0.2) is 8.42 Å². The molecule has 0 saturated carbocycles. The second-order valence-electron chi connectivity index (χ2n) is 4.38. The van der Waals surface area contributed by atoms with Crippen LogP contribution in [0.15, 0.2) is 0 Å². The number of ether oxygens (including phenoxy) is 1. The van der Waals surface area contributed by atoms with Crippen LogP contribution in [-0.4, -0.2) is 55.4 Å². The van der Waals surface area contributed by atoms with Crippen LogP contribution in [0, 0.1) is 0 Å². The third kappa shape index (κ3) is 3.65. The molecule has 1 rings (SSSR count). The lowest BCUT2D eigenvalue weighted by Crippen LogP contribution is -2.63. The minimum absolute atomic E-state index is 0.129. The molecule has 0 amide bonds. The maximum absolute atomic E-state index is 11.7. The molecule has 1 saturated heterocycles. The number of carbonyl (C=O) groups excluding carboxylic acids is 1. The van der Waals surface area contributed by atoms with Gasteiger partial charge in [0.05, 0.1) is 24.9 Å². The molecule has 1 aliphatic heterocycles. The summed E-state index contributed by atoms with van der Waals surface area (Å²) in [5.41, 5.74) is -0.882. The van der Waals surface area contributed by atoms with Gasteiger partial charge in [0.25, 0.3) is 0 Å². The summed E-state index contributed by atoms with van der Waals surface area (Å²) in [6.45, 7) is 2.20. The molecule has 17 heavy (non-hydrogen) atoms. The first-order valence-corrected chi connectivity index (χ1v) is 7.21. The van der Waals surface area contributed by atoms with Gasteiger partial charge >= 0.3 is 5.97 Å². The first-order valence-electron chi connectivity index (χ1n) is 5.60. The molecule has 1 N–H and O–H groups in total. The molecule has 6 nitrogen and oxygen atoms in total. The van der Waals surface area contributed by atoms with Crippen molar-refractivity contribution in [1.82, 2.24) is 4.31 Å². The van der Waals surface area contributed by atoms with Gasteiger partial charge in [0, 0.05) is 13.1 Å². The van der Waals surface area contributed by atoms with Gasteiger partial charge in [0.15, 0.2) is 0 Å². The lowest BCUT2D eigenvalue weighted by Gasteiger charge is -2.45. The fourth-order valence-corrected chi connectivity index (χ4v) is 3.43. The Labute approximate surface area is 102 Å². The zero-order valence-corrected chi connectivity index (χ0v) is 11.0. The van der Waals surface area contributed by atoms with Crippen LogP contribution >= 0.6 is 0 Å². The van der Waals surface area contributed by atoms with Gasteiger partial charge in [-0.3, -0.25) is 4.79 Å². The summed E-state index contributed by atoms with van der Waals surface area (Å²) in [4.78, 5) is 10.9. The zero-order valence-electron chi connectivity index (χ0n) is 10.2. The highest BCUT2D eigenvalue weighted by Gasteiger charge is 2.45. The Hall–Kier alpha value is -0.660. The second kappa shape index (κ2) is 5.32. The predicted octanol–water partition coefficient (Wildman–Crippen LogP) is -0.274. The van der Waals surface area contributed by atoms with Crippen molar-refractivity contribution in [2.45, 2.75) is 31.8 Å². The van der Waals surface area contributed by atoms with E-state index in [2.05, 4.69) is 4.74 Å². The van der Waals surface area contributed by atoms with E-state index in [9.17, 15) is 18.3 Å². The number of methoxy groups -OCH3 is 1. The van der Waals surface area contributed by atoms with E-state index in [4.69, 9.17) is 0 Å². The van der Waals surface area contributed by atoms with Gasteiger partial charge in [-0.1, -0.05) is 13.3 Å². The largest absolute Gasteiger partial charge is 0.469 e. The van der Waals surface area contributed by atoms with Crippen LogP contribution in [0.25, 0.3) is 0 Å². The third-order valence-corrected chi connectivity index (χ3v) is 4.61. The first-order chi connectivity index (χ1) is 7.83. The van der Waals surface area contributed by atoms with Crippen LogP contribution in [0.5, 0.6) is 0 Å². The Bertz CT molecular complexity index is 372. The van der Waals surface area contributed by atoms with Crippen LogP contribution in [-0.2, 0) is 19.6 Å². The summed E-state index contributed by atoms with van der Waals surface area (Å²) in [5.74, 6) is -0.806. The van der Waals surface area contributed by atoms with Crippen LogP contribution in [0.1, 0.15) is 26.2 Å². The van der Waals surface area contributed by atoms with E-state index in [0.29, 0.717) is 6.42 Å². The van der Waals surface area contributed by atoms with Crippen molar-refractivity contribution >= 4 is 16.0 Å². The van der Waals surface area contributed by atoms with Crippen molar-refractivity contribution in [3.63, 3.8) is 0 Å². The second-order valence-corrected chi connectivity index (χ2v) is 6.47. The number of carbonyl (C=O) groups is 1. The van der Waals surface area contributed by atoms with E-state index in [0.717, 1.165) is 6.42 Å². The molecule has 0 aromatic rings. The van der Waals surface area contributed by atoms with Crippen LogP contribution in [0.3, 0.4) is 0 Å². The number of hydrogen-bond donors (Lipinski definition) is 1. The molecule has 0 atom stereocenters. The van der Waals surface area contributed by atoms with Gasteiger partial charge in [-0.2, -0.15) is 4.31 Å². The molecule has 1 aliphatic rings. The number of rotatable bonds is 6. The summed E-state index contributed by atoms with van der Waals surface area (Å²) in [6.07, 6.45) is 1.25. The number of aliphatic hydroxyl groups is 1. The normalized spacial score (nSPS) is 19.7. The average molecular weight is 265 g/mol. The summed E-state index contributed by atoms with van der Waals surface area (Å²) in [7, 11) is -2.22. The van der Waals surface area contributed by atoms with Crippen molar-refractivity contribution in [3.05, 3.63) is 0 Å². The fraction of sp³-hybridized carbons (Fsp3) is 0.900. The highest BCUT2D eigenvalue weighted by atomic mass is 32.2. The SMILES string of the molecule is CCCC1(O)CN(S(=O)(=O)CCC(=O)OC)C1. The molecule has 7 heteroatoms. The number of esters is 1. The monoisotopic (exact) mass is 265 g/mol. The lowest BCUT2D eigenvalue weighted by molar-refractivity contribution is -0.140. The molecular formula is C10H19NO5S. The highest BCUT2D eigenvalue weighted by molar-refractivity contribution is 7.89. The number of nitrogens with zero attached hydrogens (tertiary/aromatic N) is 1.